The Kier molecular flexibility index (Phi) is 5.38. The summed E-state index contributed by atoms with van der Waals surface area (Å²) in [6.45, 7) is 8.55. The molecule has 0 bridgehead atoms. The fourth-order valence-corrected chi connectivity index (χ4v) is 2.25. The van der Waals surface area contributed by atoms with E-state index in [4.69, 9.17) is 0 Å². The second-order valence-electron chi connectivity index (χ2n) is 6.27. The molecule has 1 aromatic heterocycles. The molecule has 0 saturated carbocycles. The molecule has 0 aromatic carbocycles. The Hall–Kier alpha value is -1.43. The first-order valence-electron chi connectivity index (χ1n) is 7.19. The highest BCUT2D eigenvalue weighted by molar-refractivity contribution is 5.99. The number of alkyl halides is 3. The summed E-state index contributed by atoms with van der Waals surface area (Å²) in [5.41, 5.74) is -1.34. The molecule has 0 amide bonds. The number of carbonyl (C=O) groups is 1. The molecular formula is C16H22F3NO2. The zero-order valence-corrected chi connectivity index (χ0v) is 13.5. The predicted molar refractivity (Wildman–Crippen MR) is 77.5 cm³/mol. The molecule has 2 unspecified atom stereocenters. The van der Waals surface area contributed by atoms with Crippen molar-refractivity contribution in [2.75, 3.05) is 0 Å². The quantitative estimate of drug-likeness (QED) is 0.834. The second-order valence-corrected chi connectivity index (χ2v) is 6.27. The molecule has 0 saturated heterocycles. The maximum absolute atomic E-state index is 12.6. The number of aliphatic hydroxyl groups is 1. The molecule has 0 aliphatic rings. The topological polar surface area (TPSA) is 50.2 Å². The van der Waals surface area contributed by atoms with Crippen LogP contribution in [-0.2, 0) is 6.18 Å². The van der Waals surface area contributed by atoms with Crippen LogP contribution in [0.2, 0.25) is 0 Å². The number of hydrogen-bond acceptors (Lipinski definition) is 3. The standard InChI is InChI=1S/C16H22F3NO2/c1-6-15(4,5)14(22)9(2)13(21)11-7-8-12(16(17,18)19)20-10(11)3/h7-9,14,22H,6H2,1-5H3. The van der Waals surface area contributed by atoms with E-state index < -0.39 is 35.1 Å². The first-order valence-corrected chi connectivity index (χ1v) is 7.19. The van der Waals surface area contributed by atoms with E-state index in [0.29, 0.717) is 6.42 Å². The van der Waals surface area contributed by atoms with Gasteiger partial charge in [-0.25, -0.2) is 4.98 Å². The number of nitrogens with zero attached hydrogens (tertiary/aromatic N) is 1. The Morgan fingerprint density at radius 3 is 2.27 bits per heavy atom. The summed E-state index contributed by atoms with van der Waals surface area (Å²) in [4.78, 5) is 15.9. The molecular weight excluding hydrogens is 295 g/mol. The van der Waals surface area contributed by atoms with E-state index in [1.807, 2.05) is 20.8 Å². The van der Waals surface area contributed by atoms with Gasteiger partial charge in [-0.05, 0) is 30.9 Å². The van der Waals surface area contributed by atoms with Crippen molar-refractivity contribution < 1.29 is 23.1 Å². The number of ketones is 1. The van der Waals surface area contributed by atoms with Crippen LogP contribution >= 0.6 is 0 Å². The monoisotopic (exact) mass is 317 g/mol. The number of carbonyl (C=O) groups excluding carboxylic acids is 1. The summed E-state index contributed by atoms with van der Waals surface area (Å²) < 4.78 is 37.8. The first kappa shape index (κ1) is 18.6. The maximum Gasteiger partial charge on any atom is 0.433 e. The molecule has 1 heterocycles. The van der Waals surface area contributed by atoms with Gasteiger partial charge in [0.1, 0.15) is 5.69 Å². The first-order chi connectivity index (χ1) is 9.91. The molecule has 0 aliphatic carbocycles. The summed E-state index contributed by atoms with van der Waals surface area (Å²) in [6, 6.07) is 1.93. The summed E-state index contributed by atoms with van der Waals surface area (Å²) >= 11 is 0. The largest absolute Gasteiger partial charge is 0.433 e. The van der Waals surface area contributed by atoms with Crippen LogP contribution in [0.15, 0.2) is 12.1 Å². The summed E-state index contributed by atoms with van der Waals surface area (Å²) in [5.74, 6) is -1.11. The Morgan fingerprint density at radius 2 is 1.86 bits per heavy atom. The van der Waals surface area contributed by atoms with Gasteiger partial charge in [-0.2, -0.15) is 13.2 Å². The van der Waals surface area contributed by atoms with Crippen LogP contribution in [0.3, 0.4) is 0 Å². The summed E-state index contributed by atoms with van der Waals surface area (Å²) in [6.07, 6.45) is -4.75. The third kappa shape index (κ3) is 3.85. The van der Waals surface area contributed by atoms with Gasteiger partial charge in [0.2, 0.25) is 0 Å². The molecule has 6 heteroatoms. The number of aromatic nitrogens is 1. The molecule has 2 atom stereocenters. The van der Waals surface area contributed by atoms with E-state index in [1.165, 1.54) is 6.92 Å². The average molecular weight is 317 g/mol. The van der Waals surface area contributed by atoms with Crippen molar-refractivity contribution in [1.29, 1.82) is 0 Å². The van der Waals surface area contributed by atoms with Gasteiger partial charge in [-0.1, -0.05) is 27.7 Å². The van der Waals surface area contributed by atoms with Gasteiger partial charge in [0.25, 0.3) is 0 Å². The minimum atomic E-state index is -4.54. The molecule has 1 rings (SSSR count). The number of halogens is 3. The lowest BCUT2D eigenvalue weighted by Crippen LogP contribution is -2.38. The smallest absolute Gasteiger partial charge is 0.392 e. The van der Waals surface area contributed by atoms with Crippen LogP contribution in [0.25, 0.3) is 0 Å². The average Bonchev–Trinajstić information content (AvgIpc) is 2.43. The number of rotatable bonds is 5. The van der Waals surface area contributed by atoms with Crippen LogP contribution < -0.4 is 0 Å². The molecule has 0 aliphatic heterocycles. The molecule has 22 heavy (non-hydrogen) atoms. The molecule has 0 fully saturated rings. The Bertz CT molecular complexity index is 553. The van der Waals surface area contributed by atoms with Crippen LogP contribution in [0.4, 0.5) is 13.2 Å². The van der Waals surface area contributed by atoms with Crippen molar-refractivity contribution in [3.8, 4) is 0 Å². The van der Waals surface area contributed by atoms with Crippen molar-refractivity contribution in [3.63, 3.8) is 0 Å². The van der Waals surface area contributed by atoms with Crippen LogP contribution in [0.1, 0.15) is 55.9 Å². The number of hydrogen-bond donors (Lipinski definition) is 1. The molecule has 0 spiro atoms. The zero-order chi connectivity index (χ0) is 17.3. The lowest BCUT2D eigenvalue weighted by Gasteiger charge is -2.33. The molecule has 3 nitrogen and oxygen atoms in total. The minimum Gasteiger partial charge on any atom is -0.392 e. The third-order valence-corrected chi connectivity index (χ3v) is 4.24. The summed E-state index contributed by atoms with van der Waals surface area (Å²) in [7, 11) is 0. The zero-order valence-electron chi connectivity index (χ0n) is 13.5. The lowest BCUT2D eigenvalue weighted by atomic mass is 9.76. The van der Waals surface area contributed by atoms with Crippen molar-refractivity contribution >= 4 is 5.78 Å². The molecule has 1 N–H and O–H groups in total. The van der Waals surface area contributed by atoms with Gasteiger partial charge in [0.05, 0.1) is 6.10 Å². The van der Waals surface area contributed by atoms with E-state index in [9.17, 15) is 23.1 Å². The normalized spacial score (nSPS) is 15.5. The Balaban J connectivity index is 3.09. The van der Waals surface area contributed by atoms with Gasteiger partial charge < -0.3 is 5.11 Å². The van der Waals surface area contributed by atoms with Gasteiger partial charge in [0, 0.05) is 17.2 Å². The van der Waals surface area contributed by atoms with Crippen LogP contribution in [-0.4, -0.2) is 22.0 Å². The number of aryl methyl sites for hydroxylation is 1. The highest BCUT2D eigenvalue weighted by Gasteiger charge is 2.36. The number of aliphatic hydroxyl groups excluding tert-OH is 1. The fourth-order valence-electron chi connectivity index (χ4n) is 2.25. The van der Waals surface area contributed by atoms with Crippen molar-refractivity contribution in [2.45, 2.75) is 53.3 Å². The highest BCUT2D eigenvalue weighted by Crippen LogP contribution is 2.32. The van der Waals surface area contributed by atoms with Crippen LogP contribution in [0.5, 0.6) is 0 Å². The van der Waals surface area contributed by atoms with E-state index in [0.717, 1.165) is 12.1 Å². The van der Waals surface area contributed by atoms with E-state index in [1.54, 1.807) is 6.92 Å². The second kappa shape index (κ2) is 6.36. The third-order valence-electron chi connectivity index (χ3n) is 4.24. The van der Waals surface area contributed by atoms with Crippen molar-refractivity contribution in [1.82, 2.24) is 4.98 Å². The maximum atomic E-state index is 12.6. The number of Topliss-reactive ketones (excluding diaryl/α,β-unsaturated/α-hetero) is 1. The highest BCUT2D eigenvalue weighted by atomic mass is 19.4. The van der Waals surface area contributed by atoms with Crippen molar-refractivity contribution in [2.24, 2.45) is 11.3 Å². The molecule has 1 aromatic rings. The Labute approximate surface area is 128 Å². The molecule has 124 valence electrons. The predicted octanol–water partition coefficient (Wildman–Crippen LogP) is 4.02. The van der Waals surface area contributed by atoms with Crippen molar-refractivity contribution in [3.05, 3.63) is 29.1 Å². The lowest BCUT2D eigenvalue weighted by molar-refractivity contribution is -0.141. The fraction of sp³-hybridized carbons (Fsp3) is 0.625. The van der Waals surface area contributed by atoms with E-state index in [2.05, 4.69) is 4.98 Å². The van der Waals surface area contributed by atoms with Gasteiger partial charge >= 0.3 is 6.18 Å². The minimum absolute atomic E-state index is 0.0215. The van der Waals surface area contributed by atoms with Gasteiger partial charge in [0.15, 0.2) is 5.78 Å². The van der Waals surface area contributed by atoms with Gasteiger partial charge in [-0.15, -0.1) is 0 Å². The Morgan fingerprint density at radius 1 is 1.32 bits per heavy atom. The number of pyridine rings is 1. The van der Waals surface area contributed by atoms with E-state index in [-0.39, 0.29) is 11.3 Å². The van der Waals surface area contributed by atoms with E-state index >= 15 is 0 Å². The SMILES string of the molecule is CCC(C)(C)C(O)C(C)C(=O)c1ccc(C(F)(F)F)nc1C. The molecule has 0 radical (unpaired) electrons. The van der Waals surface area contributed by atoms with Gasteiger partial charge in [-0.3, -0.25) is 4.79 Å². The summed E-state index contributed by atoms with van der Waals surface area (Å²) in [5, 5.41) is 10.3. The van der Waals surface area contributed by atoms with Crippen LogP contribution in [0, 0.1) is 18.3 Å².